The van der Waals surface area contributed by atoms with Crippen molar-refractivity contribution in [1.29, 1.82) is 0 Å². The van der Waals surface area contributed by atoms with Crippen molar-refractivity contribution in [3.05, 3.63) is 17.5 Å². The number of carbonyl (C=O) groups excluding carboxylic acids is 1. The van der Waals surface area contributed by atoms with E-state index in [0.29, 0.717) is 11.6 Å². The highest BCUT2D eigenvalue weighted by atomic mass is 16.2. The minimum Gasteiger partial charge on any atom is -0.341 e. The maximum absolute atomic E-state index is 13.0. The number of amides is 1. The third kappa shape index (κ3) is 4.71. The van der Waals surface area contributed by atoms with Crippen LogP contribution in [0, 0.1) is 0 Å². The summed E-state index contributed by atoms with van der Waals surface area (Å²) in [6.45, 7) is 7.99. The first-order valence-corrected chi connectivity index (χ1v) is 10.1. The number of rotatable bonds is 3. The van der Waals surface area contributed by atoms with Crippen LogP contribution >= 0.6 is 0 Å². The molecule has 2 aliphatic heterocycles. The lowest BCUT2D eigenvalue weighted by molar-refractivity contribution is 0.0755. The molecule has 2 aliphatic rings. The molecule has 0 radical (unpaired) electrons. The molecule has 1 aromatic rings. The molecule has 0 atom stereocenters. The van der Waals surface area contributed by atoms with Crippen molar-refractivity contribution in [2.24, 2.45) is 0 Å². The molecule has 0 saturated carbocycles. The van der Waals surface area contributed by atoms with Crippen molar-refractivity contribution in [2.75, 3.05) is 31.1 Å². The van der Waals surface area contributed by atoms with Gasteiger partial charge in [-0.1, -0.05) is 39.5 Å². The Hall–Kier alpha value is -1.65. The SMILES string of the molecule is CC(C)c1cc(C(=O)N2CCCCCC2)nc(N2CCCCCC2)n1. The van der Waals surface area contributed by atoms with Crippen molar-refractivity contribution < 1.29 is 4.79 Å². The molecule has 0 spiro atoms. The summed E-state index contributed by atoms with van der Waals surface area (Å²) in [5.41, 5.74) is 1.56. The minimum atomic E-state index is 0.0854. The van der Waals surface area contributed by atoms with Gasteiger partial charge in [-0.3, -0.25) is 4.79 Å². The van der Waals surface area contributed by atoms with Gasteiger partial charge in [0.15, 0.2) is 0 Å². The van der Waals surface area contributed by atoms with Gasteiger partial charge in [-0.15, -0.1) is 0 Å². The summed E-state index contributed by atoms with van der Waals surface area (Å²) in [6, 6.07) is 1.92. The summed E-state index contributed by atoms with van der Waals surface area (Å²) in [4.78, 5) is 26.8. The summed E-state index contributed by atoms with van der Waals surface area (Å²) in [5.74, 6) is 1.14. The summed E-state index contributed by atoms with van der Waals surface area (Å²) >= 11 is 0. The molecular weight excluding hydrogens is 312 g/mol. The van der Waals surface area contributed by atoms with Crippen LogP contribution in [0.15, 0.2) is 6.07 Å². The maximum Gasteiger partial charge on any atom is 0.272 e. The van der Waals surface area contributed by atoms with E-state index >= 15 is 0 Å². The van der Waals surface area contributed by atoms with Crippen molar-refractivity contribution in [3.63, 3.8) is 0 Å². The second-order valence-electron chi connectivity index (χ2n) is 7.74. The fraction of sp³-hybridized carbons (Fsp3) is 0.750. The van der Waals surface area contributed by atoms with Crippen molar-refractivity contribution in [1.82, 2.24) is 14.9 Å². The average Bonchev–Trinajstić information content (AvgIpc) is 3.05. The summed E-state index contributed by atoms with van der Waals surface area (Å²) in [7, 11) is 0. The minimum absolute atomic E-state index is 0.0854. The van der Waals surface area contributed by atoms with Crippen molar-refractivity contribution in [2.45, 2.75) is 71.1 Å². The van der Waals surface area contributed by atoms with Gasteiger partial charge in [0.05, 0.1) is 0 Å². The van der Waals surface area contributed by atoms with E-state index in [0.717, 1.165) is 50.7 Å². The highest BCUT2D eigenvalue weighted by molar-refractivity contribution is 5.92. The lowest BCUT2D eigenvalue weighted by Gasteiger charge is -2.24. The van der Waals surface area contributed by atoms with E-state index in [1.54, 1.807) is 0 Å². The molecule has 5 heteroatoms. The van der Waals surface area contributed by atoms with Crippen LogP contribution in [0.3, 0.4) is 0 Å². The second-order valence-corrected chi connectivity index (χ2v) is 7.74. The fourth-order valence-corrected chi connectivity index (χ4v) is 3.71. The summed E-state index contributed by atoms with van der Waals surface area (Å²) in [6.07, 6.45) is 9.59. The molecule has 2 saturated heterocycles. The zero-order valence-electron chi connectivity index (χ0n) is 15.8. The standard InChI is InChI=1S/C20H32N4O/c1-16(2)17-15-18(19(25)23-11-7-3-4-8-12-23)22-20(21-17)24-13-9-5-6-10-14-24/h15-16H,3-14H2,1-2H3. The Kier molecular flexibility index (Phi) is 6.27. The topological polar surface area (TPSA) is 49.3 Å². The smallest absolute Gasteiger partial charge is 0.272 e. The van der Waals surface area contributed by atoms with Gasteiger partial charge in [0.1, 0.15) is 5.69 Å². The van der Waals surface area contributed by atoms with Crippen LogP contribution in [-0.2, 0) is 0 Å². The Morgan fingerprint density at radius 2 is 1.44 bits per heavy atom. The van der Waals surface area contributed by atoms with Gasteiger partial charge in [0.2, 0.25) is 5.95 Å². The van der Waals surface area contributed by atoms with Crippen molar-refractivity contribution >= 4 is 11.9 Å². The number of hydrogen-bond acceptors (Lipinski definition) is 4. The summed E-state index contributed by atoms with van der Waals surface area (Å²) in [5, 5.41) is 0. The first-order valence-electron chi connectivity index (χ1n) is 10.1. The monoisotopic (exact) mass is 344 g/mol. The third-order valence-corrected chi connectivity index (χ3v) is 5.33. The molecule has 0 bridgehead atoms. The number of nitrogens with zero attached hydrogens (tertiary/aromatic N) is 4. The number of hydrogen-bond donors (Lipinski definition) is 0. The molecule has 2 fully saturated rings. The van der Waals surface area contributed by atoms with E-state index in [2.05, 4.69) is 18.7 Å². The Bertz CT molecular complexity index is 571. The largest absolute Gasteiger partial charge is 0.341 e. The predicted molar refractivity (Wildman–Crippen MR) is 101 cm³/mol. The van der Waals surface area contributed by atoms with Gasteiger partial charge in [0, 0.05) is 31.9 Å². The van der Waals surface area contributed by atoms with Crippen LogP contribution in [-0.4, -0.2) is 47.0 Å². The highest BCUT2D eigenvalue weighted by Gasteiger charge is 2.22. The number of carbonyl (C=O) groups is 1. The molecule has 138 valence electrons. The zero-order valence-corrected chi connectivity index (χ0v) is 15.8. The van der Waals surface area contributed by atoms with Gasteiger partial charge in [0.25, 0.3) is 5.91 Å². The molecule has 0 N–H and O–H groups in total. The van der Waals surface area contributed by atoms with Gasteiger partial charge in [-0.25, -0.2) is 9.97 Å². The van der Waals surface area contributed by atoms with E-state index in [1.807, 2.05) is 11.0 Å². The molecule has 3 rings (SSSR count). The maximum atomic E-state index is 13.0. The Morgan fingerprint density at radius 1 is 0.880 bits per heavy atom. The van der Waals surface area contributed by atoms with Gasteiger partial charge < -0.3 is 9.80 Å². The van der Waals surface area contributed by atoms with Gasteiger partial charge in [-0.2, -0.15) is 0 Å². The van der Waals surface area contributed by atoms with Crippen molar-refractivity contribution in [3.8, 4) is 0 Å². The van der Waals surface area contributed by atoms with E-state index in [9.17, 15) is 4.79 Å². The predicted octanol–water partition coefficient (Wildman–Crippen LogP) is 4.00. The van der Waals surface area contributed by atoms with Crippen LogP contribution in [0.25, 0.3) is 0 Å². The average molecular weight is 345 g/mol. The Morgan fingerprint density at radius 3 is 2.00 bits per heavy atom. The number of aromatic nitrogens is 2. The lowest BCUT2D eigenvalue weighted by Crippen LogP contribution is -2.34. The van der Waals surface area contributed by atoms with Crippen LogP contribution in [0.2, 0.25) is 0 Å². The quantitative estimate of drug-likeness (QED) is 0.832. The van der Waals surface area contributed by atoms with E-state index in [4.69, 9.17) is 9.97 Å². The van der Waals surface area contributed by atoms with Crippen LogP contribution in [0.5, 0.6) is 0 Å². The van der Waals surface area contributed by atoms with Gasteiger partial charge in [-0.05, 0) is 37.7 Å². The van der Waals surface area contributed by atoms with Crippen LogP contribution in [0.1, 0.15) is 87.3 Å². The number of anilines is 1. The highest BCUT2D eigenvalue weighted by Crippen LogP contribution is 2.21. The summed E-state index contributed by atoms with van der Waals surface area (Å²) < 4.78 is 0. The van der Waals surface area contributed by atoms with Gasteiger partial charge >= 0.3 is 0 Å². The normalized spacial score (nSPS) is 19.6. The lowest BCUT2D eigenvalue weighted by atomic mass is 10.1. The third-order valence-electron chi connectivity index (χ3n) is 5.33. The Labute approximate surface area is 151 Å². The van der Waals surface area contributed by atoms with E-state index < -0.39 is 0 Å². The second kappa shape index (κ2) is 8.63. The molecule has 1 amide bonds. The molecule has 0 aliphatic carbocycles. The Balaban J connectivity index is 1.87. The fourth-order valence-electron chi connectivity index (χ4n) is 3.71. The molecule has 1 aromatic heterocycles. The molecule has 0 aromatic carbocycles. The molecule has 25 heavy (non-hydrogen) atoms. The molecule has 5 nitrogen and oxygen atoms in total. The first kappa shape index (κ1) is 18.2. The zero-order chi connectivity index (χ0) is 17.6. The van der Waals surface area contributed by atoms with Crippen LogP contribution in [0.4, 0.5) is 5.95 Å². The number of likely N-dealkylation sites (tertiary alicyclic amines) is 1. The molecule has 3 heterocycles. The first-order chi connectivity index (χ1) is 12.1. The van der Waals surface area contributed by atoms with E-state index in [1.165, 1.54) is 38.5 Å². The molecule has 0 unspecified atom stereocenters. The van der Waals surface area contributed by atoms with E-state index in [-0.39, 0.29) is 5.91 Å². The van der Waals surface area contributed by atoms with Crippen LogP contribution < -0.4 is 4.90 Å². The molecular formula is C20H32N4O.